The lowest BCUT2D eigenvalue weighted by atomic mass is 9.49. The highest BCUT2D eigenvalue weighted by molar-refractivity contribution is 5.74. The monoisotopic (exact) mass is 698 g/mol. The first-order valence-electron chi connectivity index (χ1n) is 17.5. The molecule has 1 aromatic rings. The van der Waals surface area contributed by atoms with Gasteiger partial charge in [0.15, 0.2) is 5.79 Å². The molecule has 6 rings (SSSR count). The van der Waals surface area contributed by atoms with Gasteiger partial charge in [-0.2, -0.15) is 22.0 Å². The van der Waals surface area contributed by atoms with Crippen LogP contribution < -0.4 is 10.6 Å². The Morgan fingerprint density at radius 3 is 2.16 bits per heavy atom. The van der Waals surface area contributed by atoms with E-state index < -0.39 is 58.3 Å². The molecule has 3 unspecified atom stereocenters. The Bertz CT molecular complexity index is 1480. The summed E-state index contributed by atoms with van der Waals surface area (Å²) in [6.45, 7) is 12.3. The lowest BCUT2D eigenvalue weighted by molar-refractivity contribution is -0.362. The van der Waals surface area contributed by atoms with E-state index in [0.29, 0.717) is 44.5 Å². The Kier molecular flexibility index (Phi) is 8.66. The van der Waals surface area contributed by atoms with Gasteiger partial charge >= 0.3 is 18.1 Å². The summed E-state index contributed by atoms with van der Waals surface area (Å²) in [5.41, 5.74) is -3.74. The van der Waals surface area contributed by atoms with Crippen molar-refractivity contribution in [2.24, 2.45) is 22.7 Å². The minimum Gasteiger partial charge on any atom is -0.385 e. The molecule has 0 aromatic heterocycles. The fraction of sp³-hybridized carbons (Fsp3) is 0.757. The van der Waals surface area contributed by atoms with Crippen LogP contribution in [-0.4, -0.2) is 64.1 Å². The number of allylic oxidation sites excluding steroid dienone is 1. The maximum atomic E-state index is 15.4. The lowest BCUT2D eigenvalue weighted by Crippen LogP contribution is -2.65. The fourth-order valence-electron chi connectivity index (χ4n) is 9.74. The Hall–Kier alpha value is -2.28. The molecule has 7 nitrogen and oxygen atoms in total. The van der Waals surface area contributed by atoms with Crippen molar-refractivity contribution in [2.45, 2.75) is 140 Å². The van der Waals surface area contributed by atoms with E-state index in [4.69, 9.17) is 9.47 Å². The van der Waals surface area contributed by atoms with Gasteiger partial charge < -0.3 is 30.3 Å². The Morgan fingerprint density at radius 2 is 1.57 bits per heavy atom. The maximum absolute atomic E-state index is 15.4. The first kappa shape index (κ1) is 36.5. The molecule has 4 fully saturated rings. The summed E-state index contributed by atoms with van der Waals surface area (Å²) in [7, 11) is 0. The van der Waals surface area contributed by atoms with Crippen LogP contribution in [0.4, 0.5) is 26.7 Å². The van der Waals surface area contributed by atoms with Gasteiger partial charge in [0.05, 0.1) is 18.8 Å². The third kappa shape index (κ3) is 6.10. The zero-order valence-electron chi connectivity index (χ0n) is 29.3. The van der Waals surface area contributed by atoms with Crippen molar-refractivity contribution in [3.8, 4) is 0 Å². The van der Waals surface area contributed by atoms with Crippen molar-refractivity contribution < 1.29 is 46.4 Å². The summed E-state index contributed by atoms with van der Waals surface area (Å²) < 4.78 is 85.2. The number of carbonyl (C=O) groups is 1. The van der Waals surface area contributed by atoms with Gasteiger partial charge in [0.2, 0.25) is 0 Å². The minimum atomic E-state index is -5.92. The number of urea groups is 1. The van der Waals surface area contributed by atoms with Crippen molar-refractivity contribution in [1.82, 2.24) is 10.6 Å². The smallest absolute Gasteiger partial charge is 0.385 e. The molecule has 5 aliphatic rings. The predicted octanol–water partition coefficient (Wildman–Crippen LogP) is 7.51. The van der Waals surface area contributed by atoms with Crippen molar-refractivity contribution in [2.75, 3.05) is 13.2 Å². The molecule has 6 atom stereocenters. The van der Waals surface area contributed by atoms with E-state index >= 15 is 8.78 Å². The number of nitrogens with one attached hydrogen (secondary N) is 2. The van der Waals surface area contributed by atoms with Crippen molar-refractivity contribution in [3.63, 3.8) is 0 Å². The highest BCUT2D eigenvalue weighted by atomic mass is 19.4. The van der Waals surface area contributed by atoms with E-state index in [0.717, 1.165) is 16.7 Å². The number of fused-ring (bicyclic) bond motifs is 4. The molecular weight excluding hydrogens is 647 g/mol. The summed E-state index contributed by atoms with van der Waals surface area (Å²) in [6.07, 6.45) is -4.87. The van der Waals surface area contributed by atoms with Gasteiger partial charge in [0, 0.05) is 41.7 Å². The van der Waals surface area contributed by atoms with E-state index in [1.807, 2.05) is 58.9 Å². The molecule has 12 heteroatoms. The standard InChI is InChI=1S/C37H51F5N2O5/c1-30(2,3)44-29(45)43-18-22-7-9-23(10-8-22)25-17-32(6)26(13-16-35(32,47)36(38,39)37(40,41)42)24-11-14-33(46)19-34(15-12-27(33)28(24)25)48-20-31(4,5)21-49-34/h7-10,24-26,46-47H,11-21H2,1-6H3,(H2,43,44,45)/t24?,25-,26?,32+,33?,35+/m1/s1. The van der Waals surface area contributed by atoms with Crippen LogP contribution in [0.1, 0.15) is 110 Å². The number of ether oxygens (including phenoxy) is 2. The molecule has 1 heterocycles. The summed E-state index contributed by atoms with van der Waals surface area (Å²) in [5.74, 6) is -7.89. The summed E-state index contributed by atoms with van der Waals surface area (Å²) in [6, 6.07) is 6.92. The predicted molar refractivity (Wildman–Crippen MR) is 173 cm³/mol. The zero-order valence-corrected chi connectivity index (χ0v) is 29.3. The van der Waals surface area contributed by atoms with E-state index in [1.165, 1.54) is 6.92 Å². The number of halogens is 5. The summed E-state index contributed by atoms with van der Waals surface area (Å²) in [4.78, 5) is 12.3. The Morgan fingerprint density at radius 1 is 0.939 bits per heavy atom. The van der Waals surface area contributed by atoms with E-state index in [9.17, 15) is 28.2 Å². The maximum Gasteiger partial charge on any atom is 0.456 e. The van der Waals surface area contributed by atoms with Gasteiger partial charge in [-0.1, -0.05) is 50.6 Å². The second-order valence-corrected chi connectivity index (χ2v) is 17.5. The molecule has 2 amide bonds. The van der Waals surface area contributed by atoms with Crippen LogP contribution in [0.3, 0.4) is 0 Å². The Labute approximate surface area is 285 Å². The number of benzene rings is 1. The quantitative estimate of drug-likeness (QED) is 0.193. The van der Waals surface area contributed by atoms with Gasteiger partial charge in [-0.05, 0) is 87.8 Å². The number of rotatable bonds is 4. The number of aliphatic hydroxyl groups is 2. The molecule has 49 heavy (non-hydrogen) atoms. The van der Waals surface area contributed by atoms with Crippen LogP contribution in [0.25, 0.3) is 0 Å². The summed E-state index contributed by atoms with van der Waals surface area (Å²) in [5, 5.41) is 29.6. The first-order valence-corrected chi connectivity index (χ1v) is 17.5. The van der Waals surface area contributed by atoms with Crippen LogP contribution in [0.5, 0.6) is 0 Å². The average Bonchev–Trinajstić information content (AvgIpc) is 3.27. The molecular formula is C37H51F5N2O5. The molecule has 4 aliphatic carbocycles. The lowest BCUT2D eigenvalue weighted by Gasteiger charge is -2.59. The number of amides is 2. The fourth-order valence-corrected chi connectivity index (χ4v) is 9.74. The van der Waals surface area contributed by atoms with Crippen LogP contribution in [0, 0.1) is 22.7 Å². The summed E-state index contributed by atoms with van der Waals surface area (Å²) >= 11 is 0. The largest absolute Gasteiger partial charge is 0.456 e. The molecule has 0 bridgehead atoms. The number of hydrogen-bond donors (Lipinski definition) is 4. The molecule has 0 radical (unpaired) electrons. The van der Waals surface area contributed by atoms with Gasteiger partial charge in [0.25, 0.3) is 0 Å². The second-order valence-electron chi connectivity index (χ2n) is 17.5. The third-order valence-corrected chi connectivity index (χ3v) is 12.2. The molecule has 274 valence electrons. The van der Waals surface area contributed by atoms with Gasteiger partial charge in [-0.3, -0.25) is 0 Å². The van der Waals surface area contributed by atoms with Crippen LogP contribution >= 0.6 is 0 Å². The first-order chi connectivity index (χ1) is 22.5. The molecule has 1 saturated heterocycles. The second kappa shape index (κ2) is 11.6. The number of carbonyl (C=O) groups excluding carboxylic acids is 1. The third-order valence-electron chi connectivity index (χ3n) is 12.2. The van der Waals surface area contributed by atoms with Crippen molar-refractivity contribution in [1.29, 1.82) is 0 Å². The topological polar surface area (TPSA) is 100 Å². The van der Waals surface area contributed by atoms with Gasteiger partial charge in [-0.25, -0.2) is 4.79 Å². The SMILES string of the molecule is CC1(C)COC2(CCC3=C4C(CCC3(O)C2)C2CC[C@@](O)(C(F)(F)C(F)(F)F)[C@@]2(C)C[C@@H]4c2ccc(CNC(=O)NC(C)(C)C)cc2)OC1. The van der Waals surface area contributed by atoms with Crippen LogP contribution in [0.2, 0.25) is 0 Å². The highest BCUT2D eigenvalue weighted by Gasteiger charge is 2.79. The van der Waals surface area contributed by atoms with E-state index in [2.05, 4.69) is 10.6 Å². The van der Waals surface area contributed by atoms with E-state index in [-0.39, 0.29) is 43.2 Å². The molecule has 1 spiro atoms. The minimum absolute atomic E-state index is 0.0255. The molecule has 4 N–H and O–H groups in total. The Balaban J connectivity index is 1.38. The number of hydrogen-bond acceptors (Lipinski definition) is 5. The molecule has 1 aromatic carbocycles. The normalized spacial score (nSPS) is 35.7. The zero-order chi connectivity index (χ0) is 36.1. The molecule has 1 aliphatic heterocycles. The van der Waals surface area contributed by atoms with Crippen molar-refractivity contribution in [3.05, 3.63) is 46.5 Å². The number of alkyl halides is 5. The van der Waals surface area contributed by atoms with Crippen LogP contribution in [-0.2, 0) is 16.0 Å². The van der Waals surface area contributed by atoms with Gasteiger partial charge in [0.1, 0.15) is 5.60 Å². The van der Waals surface area contributed by atoms with E-state index in [1.54, 1.807) is 0 Å². The van der Waals surface area contributed by atoms with Crippen molar-refractivity contribution >= 4 is 6.03 Å². The highest BCUT2D eigenvalue weighted by Crippen LogP contribution is 2.71. The molecule has 3 saturated carbocycles. The average molecular weight is 699 g/mol. The van der Waals surface area contributed by atoms with Gasteiger partial charge in [-0.15, -0.1) is 0 Å². The van der Waals surface area contributed by atoms with Crippen LogP contribution in [0.15, 0.2) is 35.4 Å².